The van der Waals surface area contributed by atoms with E-state index >= 15 is 0 Å². The molecule has 84 valence electrons. The maximum Gasteiger partial charge on any atom is 0.170 e. The van der Waals surface area contributed by atoms with Crippen LogP contribution in [0.5, 0.6) is 5.75 Å². The molecule has 2 aromatic rings. The lowest BCUT2D eigenvalue weighted by Crippen LogP contribution is -2.04. The van der Waals surface area contributed by atoms with Crippen molar-refractivity contribution in [3.8, 4) is 5.75 Å². The summed E-state index contributed by atoms with van der Waals surface area (Å²) in [4.78, 5) is 4.13. The lowest BCUT2D eigenvalue weighted by Gasteiger charge is -2.05. The number of pyridine rings is 1. The standard InChI is InChI=1S/C10H13N5O/c1-15-7-13-14-10(15)6-16-9-3-2-8(4-11)12-5-9/h2-3,5,7H,4,6,11H2,1H3. The van der Waals surface area contributed by atoms with Gasteiger partial charge in [-0.25, -0.2) is 0 Å². The van der Waals surface area contributed by atoms with Gasteiger partial charge in [0.2, 0.25) is 0 Å². The Hall–Kier alpha value is -1.95. The number of hydrogen-bond acceptors (Lipinski definition) is 5. The highest BCUT2D eigenvalue weighted by molar-refractivity contribution is 5.19. The summed E-state index contributed by atoms with van der Waals surface area (Å²) in [6.07, 6.45) is 3.28. The van der Waals surface area contributed by atoms with Crippen LogP contribution in [-0.2, 0) is 20.2 Å². The third kappa shape index (κ3) is 2.34. The van der Waals surface area contributed by atoms with Crippen LogP contribution in [0.3, 0.4) is 0 Å². The molecule has 0 fully saturated rings. The van der Waals surface area contributed by atoms with E-state index in [1.807, 2.05) is 23.7 Å². The zero-order chi connectivity index (χ0) is 11.4. The van der Waals surface area contributed by atoms with Crippen LogP contribution in [0.15, 0.2) is 24.7 Å². The Morgan fingerprint density at radius 3 is 2.88 bits per heavy atom. The van der Waals surface area contributed by atoms with Crippen LogP contribution in [-0.4, -0.2) is 19.7 Å². The van der Waals surface area contributed by atoms with Gasteiger partial charge in [-0.3, -0.25) is 4.98 Å². The minimum Gasteiger partial charge on any atom is -0.484 e. The first kappa shape index (κ1) is 10.6. The summed E-state index contributed by atoms with van der Waals surface area (Å²) in [6.45, 7) is 0.809. The van der Waals surface area contributed by atoms with E-state index in [0.29, 0.717) is 18.9 Å². The zero-order valence-electron chi connectivity index (χ0n) is 9.00. The Labute approximate surface area is 93.1 Å². The van der Waals surface area contributed by atoms with E-state index in [1.165, 1.54) is 0 Å². The van der Waals surface area contributed by atoms with Crippen LogP contribution >= 0.6 is 0 Å². The number of nitrogens with zero attached hydrogens (tertiary/aromatic N) is 4. The molecule has 2 rings (SSSR count). The van der Waals surface area contributed by atoms with E-state index in [4.69, 9.17) is 10.5 Å². The molecule has 2 heterocycles. The van der Waals surface area contributed by atoms with E-state index in [-0.39, 0.29) is 0 Å². The molecule has 0 aliphatic carbocycles. The van der Waals surface area contributed by atoms with Gasteiger partial charge in [0.25, 0.3) is 0 Å². The normalized spacial score (nSPS) is 10.4. The Morgan fingerprint density at radius 2 is 2.31 bits per heavy atom. The number of aryl methyl sites for hydroxylation is 1. The molecule has 6 heteroatoms. The van der Waals surface area contributed by atoms with Crippen LogP contribution in [0.2, 0.25) is 0 Å². The molecule has 0 bridgehead atoms. The zero-order valence-corrected chi connectivity index (χ0v) is 9.00. The summed E-state index contributed by atoms with van der Waals surface area (Å²) in [7, 11) is 1.87. The molecule has 0 aliphatic heterocycles. The maximum absolute atomic E-state index is 5.50. The molecule has 0 aromatic carbocycles. The molecular formula is C10H13N5O. The first-order chi connectivity index (χ1) is 7.79. The molecule has 2 aromatic heterocycles. The molecule has 16 heavy (non-hydrogen) atoms. The van der Waals surface area contributed by atoms with Crippen molar-refractivity contribution in [3.05, 3.63) is 36.2 Å². The second-order valence-electron chi connectivity index (χ2n) is 3.34. The average molecular weight is 219 g/mol. The summed E-state index contributed by atoms with van der Waals surface area (Å²) in [6, 6.07) is 3.68. The van der Waals surface area contributed by atoms with Gasteiger partial charge in [0.05, 0.1) is 11.9 Å². The summed E-state index contributed by atoms with van der Waals surface area (Å²) in [5, 5.41) is 7.67. The topological polar surface area (TPSA) is 78.8 Å². The van der Waals surface area contributed by atoms with E-state index < -0.39 is 0 Å². The van der Waals surface area contributed by atoms with Crippen molar-refractivity contribution in [1.29, 1.82) is 0 Å². The van der Waals surface area contributed by atoms with Crippen molar-refractivity contribution in [2.24, 2.45) is 12.8 Å². The van der Waals surface area contributed by atoms with Crippen LogP contribution in [0, 0.1) is 0 Å². The van der Waals surface area contributed by atoms with E-state index in [2.05, 4.69) is 15.2 Å². The fourth-order valence-corrected chi connectivity index (χ4v) is 1.20. The highest BCUT2D eigenvalue weighted by Gasteiger charge is 2.01. The minimum atomic E-state index is 0.375. The monoisotopic (exact) mass is 219 g/mol. The summed E-state index contributed by atoms with van der Waals surface area (Å²) in [5.74, 6) is 1.46. The lowest BCUT2D eigenvalue weighted by molar-refractivity contribution is 0.290. The number of ether oxygens (including phenoxy) is 1. The molecule has 0 radical (unpaired) electrons. The van der Waals surface area contributed by atoms with Gasteiger partial charge in [-0.2, -0.15) is 0 Å². The van der Waals surface area contributed by atoms with E-state index in [1.54, 1.807) is 12.5 Å². The predicted molar refractivity (Wildman–Crippen MR) is 57.5 cm³/mol. The first-order valence-electron chi connectivity index (χ1n) is 4.90. The van der Waals surface area contributed by atoms with Crippen molar-refractivity contribution in [2.75, 3.05) is 0 Å². The van der Waals surface area contributed by atoms with Crippen LogP contribution in [0.4, 0.5) is 0 Å². The van der Waals surface area contributed by atoms with Crippen LogP contribution in [0.1, 0.15) is 11.5 Å². The minimum absolute atomic E-state index is 0.375. The van der Waals surface area contributed by atoms with Crippen LogP contribution in [0.25, 0.3) is 0 Å². The lowest BCUT2D eigenvalue weighted by atomic mass is 10.3. The average Bonchev–Trinajstić information content (AvgIpc) is 2.73. The molecule has 0 spiro atoms. The summed E-state index contributed by atoms with van der Waals surface area (Å²) >= 11 is 0. The third-order valence-electron chi connectivity index (χ3n) is 2.18. The van der Waals surface area contributed by atoms with Gasteiger partial charge in [0.1, 0.15) is 18.7 Å². The molecular weight excluding hydrogens is 206 g/mol. The summed E-state index contributed by atoms with van der Waals surface area (Å²) < 4.78 is 7.31. The number of aromatic nitrogens is 4. The number of nitrogens with two attached hydrogens (primary N) is 1. The molecule has 0 aliphatic rings. The smallest absolute Gasteiger partial charge is 0.170 e. The molecule has 0 saturated heterocycles. The van der Waals surface area contributed by atoms with E-state index in [0.717, 1.165) is 11.5 Å². The molecule has 2 N–H and O–H groups in total. The second kappa shape index (κ2) is 4.71. The van der Waals surface area contributed by atoms with Gasteiger partial charge < -0.3 is 15.0 Å². The largest absolute Gasteiger partial charge is 0.484 e. The molecule has 0 saturated carbocycles. The quantitative estimate of drug-likeness (QED) is 0.797. The van der Waals surface area contributed by atoms with Gasteiger partial charge in [-0.15, -0.1) is 10.2 Å². The first-order valence-corrected chi connectivity index (χ1v) is 4.90. The van der Waals surface area contributed by atoms with Gasteiger partial charge in [0, 0.05) is 13.6 Å². The number of hydrogen-bond donors (Lipinski definition) is 1. The van der Waals surface area contributed by atoms with Gasteiger partial charge >= 0.3 is 0 Å². The number of rotatable bonds is 4. The fourth-order valence-electron chi connectivity index (χ4n) is 1.20. The van der Waals surface area contributed by atoms with Gasteiger partial charge in [0.15, 0.2) is 5.82 Å². The highest BCUT2D eigenvalue weighted by Crippen LogP contribution is 2.10. The maximum atomic E-state index is 5.50. The highest BCUT2D eigenvalue weighted by atomic mass is 16.5. The summed E-state index contributed by atoms with van der Waals surface area (Å²) in [5.41, 5.74) is 6.28. The SMILES string of the molecule is Cn1cnnc1COc1ccc(CN)nc1. The third-order valence-corrected chi connectivity index (χ3v) is 2.18. The Balaban J connectivity index is 1.97. The Morgan fingerprint density at radius 1 is 1.44 bits per heavy atom. The Kier molecular flexibility index (Phi) is 3.11. The molecule has 6 nitrogen and oxygen atoms in total. The molecule has 0 atom stereocenters. The van der Waals surface area contributed by atoms with Crippen molar-refractivity contribution >= 4 is 0 Å². The fraction of sp³-hybridized carbons (Fsp3) is 0.300. The van der Waals surface area contributed by atoms with Crippen LogP contribution < -0.4 is 10.5 Å². The van der Waals surface area contributed by atoms with Crippen molar-refractivity contribution < 1.29 is 4.74 Å². The van der Waals surface area contributed by atoms with Gasteiger partial charge in [-0.1, -0.05) is 0 Å². The molecule has 0 amide bonds. The molecule has 0 unspecified atom stereocenters. The second-order valence-corrected chi connectivity index (χ2v) is 3.34. The van der Waals surface area contributed by atoms with E-state index in [9.17, 15) is 0 Å². The van der Waals surface area contributed by atoms with Gasteiger partial charge in [-0.05, 0) is 12.1 Å². The van der Waals surface area contributed by atoms with Crippen molar-refractivity contribution in [3.63, 3.8) is 0 Å². The predicted octanol–water partition coefficient (Wildman–Crippen LogP) is 0.248. The van der Waals surface area contributed by atoms with Crippen molar-refractivity contribution in [1.82, 2.24) is 19.7 Å². The Bertz CT molecular complexity index is 450. The van der Waals surface area contributed by atoms with Crippen molar-refractivity contribution in [2.45, 2.75) is 13.2 Å².